The van der Waals surface area contributed by atoms with Crippen molar-refractivity contribution in [2.24, 2.45) is 5.41 Å². The van der Waals surface area contributed by atoms with Crippen LogP contribution in [-0.2, 0) is 0 Å². The van der Waals surface area contributed by atoms with Gasteiger partial charge in [0.15, 0.2) is 0 Å². The van der Waals surface area contributed by atoms with Crippen molar-refractivity contribution in [3.05, 3.63) is 18.2 Å². The van der Waals surface area contributed by atoms with E-state index in [0.29, 0.717) is 12.2 Å². The molecule has 82 valence electrons. The molecule has 0 aromatic carbocycles. The van der Waals surface area contributed by atoms with Crippen molar-refractivity contribution in [3.63, 3.8) is 0 Å². The van der Waals surface area contributed by atoms with Gasteiger partial charge in [-0.15, -0.1) is 0 Å². The number of imidazole rings is 1. The van der Waals surface area contributed by atoms with Crippen molar-refractivity contribution in [2.45, 2.75) is 19.3 Å². The second kappa shape index (κ2) is 4.02. The summed E-state index contributed by atoms with van der Waals surface area (Å²) in [6.45, 7) is 0.839. The molecule has 0 atom stereocenters. The second-order valence-electron chi connectivity index (χ2n) is 4.12. The van der Waals surface area contributed by atoms with Gasteiger partial charge in [0.25, 0.3) is 5.91 Å². The Labute approximate surface area is 87.9 Å². The summed E-state index contributed by atoms with van der Waals surface area (Å²) in [7, 11) is 0. The summed E-state index contributed by atoms with van der Waals surface area (Å²) in [6.07, 6.45) is 5.94. The van der Waals surface area contributed by atoms with Gasteiger partial charge in [-0.05, 0) is 24.7 Å². The van der Waals surface area contributed by atoms with Gasteiger partial charge in [-0.1, -0.05) is 0 Å². The number of nitrogens with one attached hydrogen (secondary N) is 2. The molecular weight excluding hydrogens is 194 g/mol. The molecule has 1 fully saturated rings. The standard InChI is InChI=1S/C10H15N3O2/c14-4-3-10(1-2-10)6-12-9(15)8-5-11-7-13-8/h5,7,14H,1-4,6H2,(H,11,13)(H,12,15). The fraction of sp³-hybridized carbons (Fsp3) is 0.600. The molecule has 15 heavy (non-hydrogen) atoms. The number of hydrogen-bond acceptors (Lipinski definition) is 3. The number of aliphatic hydroxyl groups is 1. The van der Waals surface area contributed by atoms with Crippen LogP contribution in [0.1, 0.15) is 29.8 Å². The van der Waals surface area contributed by atoms with Crippen molar-refractivity contribution in [3.8, 4) is 0 Å². The summed E-state index contributed by atoms with van der Waals surface area (Å²) in [5.74, 6) is -0.128. The number of aliphatic hydroxyl groups excluding tert-OH is 1. The average Bonchev–Trinajstić information content (AvgIpc) is 2.81. The van der Waals surface area contributed by atoms with Gasteiger partial charge in [0, 0.05) is 13.2 Å². The van der Waals surface area contributed by atoms with Crippen molar-refractivity contribution in [1.82, 2.24) is 15.3 Å². The molecule has 0 aliphatic heterocycles. The zero-order chi connectivity index (χ0) is 10.7. The Kier molecular flexibility index (Phi) is 2.73. The number of aromatic nitrogens is 2. The van der Waals surface area contributed by atoms with E-state index in [1.807, 2.05) is 0 Å². The minimum Gasteiger partial charge on any atom is -0.396 e. The van der Waals surface area contributed by atoms with E-state index < -0.39 is 0 Å². The third-order valence-corrected chi connectivity index (χ3v) is 2.97. The Morgan fingerprint density at radius 1 is 1.67 bits per heavy atom. The van der Waals surface area contributed by atoms with Gasteiger partial charge in [0.05, 0.1) is 12.5 Å². The van der Waals surface area contributed by atoms with Gasteiger partial charge in [-0.3, -0.25) is 4.79 Å². The summed E-state index contributed by atoms with van der Waals surface area (Å²) >= 11 is 0. The van der Waals surface area contributed by atoms with Crippen LogP contribution in [-0.4, -0.2) is 34.1 Å². The van der Waals surface area contributed by atoms with Crippen LogP contribution in [0, 0.1) is 5.41 Å². The van der Waals surface area contributed by atoms with Crippen LogP contribution < -0.4 is 5.32 Å². The van der Waals surface area contributed by atoms with E-state index in [-0.39, 0.29) is 17.9 Å². The number of carbonyl (C=O) groups is 1. The molecule has 0 saturated heterocycles. The molecule has 1 aromatic rings. The predicted molar refractivity (Wildman–Crippen MR) is 54.3 cm³/mol. The highest BCUT2D eigenvalue weighted by atomic mass is 16.3. The quantitative estimate of drug-likeness (QED) is 0.652. The van der Waals surface area contributed by atoms with Crippen LogP contribution in [0.4, 0.5) is 0 Å². The summed E-state index contributed by atoms with van der Waals surface area (Å²) in [5, 5.41) is 11.7. The third-order valence-electron chi connectivity index (χ3n) is 2.97. The van der Waals surface area contributed by atoms with E-state index in [4.69, 9.17) is 5.11 Å². The fourth-order valence-electron chi connectivity index (χ4n) is 1.67. The first kappa shape index (κ1) is 10.2. The van der Waals surface area contributed by atoms with Crippen molar-refractivity contribution in [1.29, 1.82) is 0 Å². The zero-order valence-electron chi connectivity index (χ0n) is 8.49. The lowest BCUT2D eigenvalue weighted by Crippen LogP contribution is -2.30. The van der Waals surface area contributed by atoms with E-state index in [1.165, 1.54) is 12.5 Å². The maximum absolute atomic E-state index is 11.5. The number of nitrogens with zero attached hydrogens (tertiary/aromatic N) is 1. The largest absolute Gasteiger partial charge is 0.396 e. The minimum atomic E-state index is -0.128. The number of hydrogen-bond donors (Lipinski definition) is 3. The van der Waals surface area contributed by atoms with Crippen LogP contribution in [0.5, 0.6) is 0 Å². The predicted octanol–water partition coefficient (Wildman–Crippen LogP) is 0.302. The average molecular weight is 209 g/mol. The summed E-state index contributed by atoms with van der Waals surface area (Å²) in [4.78, 5) is 18.1. The van der Waals surface area contributed by atoms with Gasteiger partial charge in [-0.2, -0.15) is 0 Å². The molecule has 2 rings (SSSR count). The molecular formula is C10H15N3O2. The molecule has 0 spiro atoms. The molecule has 5 nitrogen and oxygen atoms in total. The first-order valence-corrected chi connectivity index (χ1v) is 5.13. The van der Waals surface area contributed by atoms with Gasteiger partial charge in [0.1, 0.15) is 5.69 Å². The Hall–Kier alpha value is -1.36. The highest BCUT2D eigenvalue weighted by molar-refractivity contribution is 5.91. The molecule has 1 aliphatic rings. The normalized spacial score (nSPS) is 17.4. The lowest BCUT2D eigenvalue weighted by molar-refractivity contribution is 0.0936. The van der Waals surface area contributed by atoms with Gasteiger partial charge in [-0.25, -0.2) is 4.98 Å². The maximum atomic E-state index is 11.5. The number of carbonyl (C=O) groups excluding carboxylic acids is 1. The number of amides is 1. The Morgan fingerprint density at radius 2 is 2.47 bits per heavy atom. The Bertz CT molecular complexity index is 330. The molecule has 1 amide bonds. The van der Waals surface area contributed by atoms with Crippen molar-refractivity contribution >= 4 is 5.91 Å². The Balaban J connectivity index is 1.81. The molecule has 5 heteroatoms. The summed E-state index contributed by atoms with van der Waals surface area (Å²) in [6, 6.07) is 0. The van der Waals surface area contributed by atoms with E-state index >= 15 is 0 Å². The lowest BCUT2D eigenvalue weighted by Gasteiger charge is -2.13. The SMILES string of the molecule is O=C(NCC1(CCO)CC1)c1cnc[nH]1. The van der Waals surface area contributed by atoms with E-state index in [2.05, 4.69) is 15.3 Å². The molecule has 0 bridgehead atoms. The lowest BCUT2D eigenvalue weighted by atomic mass is 10.0. The fourth-order valence-corrected chi connectivity index (χ4v) is 1.67. The van der Waals surface area contributed by atoms with E-state index in [1.54, 1.807) is 0 Å². The zero-order valence-corrected chi connectivity index (χ0v) is 8.49. The topological polar surface area (TPSA) is 78.0 Å². The Morgan fingerprint density at radius 3 is 3.00 bits per heavy atom. The number of H-pyrrole nitrogens is 1. The van der Waals surface area contributed by atoms with Gasteiger partial charge in [0.2, 0.25) is 0 Å². The first-order valence-electron chi connectivity index (χ1n) is 5.13. The molecule has 0 unspecified atom stereocenters. The van der Waals surface area contributed by atoms with Crippen LogP contribution in [0.25, 0.3) is 0 Å². The van der Waals surface area contributed by atoms with Crippen LogP contribution in [0.15, 0.2) is 12.5 Å². The van der Waals surface area contributed by atoms with Crippen LogP contribution in [0.3, 0.4) is 0 Å². The minimum absolute atomic E-state index is 0.128. The van der Waals surface area contributed by atoms with E-state index in [9.17, 15) is 4.79 Å². The van der Waals surface area contributed by atoms with Crippen molar-refractivity contribution in [2.75, 3.05) is 13.2 Å². The monoisotopic (exact) mass is 209 g/mol. The maximum Gasteiger partial charge on any atom is 0.269 e. The highest BCUT2D eigenvalue weighted by Gasteiger charge is 2.41. The molecule has 0 radical (unpaired) electrons. The highest BCUT2D eigenvalue weighted by Crippen LogP contribution is 2.47. The third kappa shape index (κ3) is 2.36. The van der Waals surface area contributed by atoms with Crippen molar-refractivity contribution < 1.29 is 9.90 Å². The van der Waals surface area contributed by atoms with Gasteiger partial charge >= 0.3 is 0 Å². The molecule has 1 saturated carbocycles. The molecule has 1 heterocycles. The smallest absolute Gasteiger partial charge is 0.269 e. The first-order chi connectivity index (χ1) is 7.26. The van der Waals surface area contributed by atoms with E-state index in [0.717, 1.165) is 19.3 Å². The summed E-state index contributed by atoms with van der Waals surface area (Å²) in [5.41, 5.74) is 0.638. The van der Waals surface area contributed by atoms with Crippen LogP contribution >= 0.6 is 0 Å². The van der Waals surface area contributed by atoms with Gasteiger partial charge < -0.3 is 15.4 Å². The van der Waals surface area contributed by atoms with Crippen LogP contribution in [0.2, 0.25) is 0 Å². The number of rotatable bonds is 5. The molecule has 1 aromatic heterocycles. The molecule has 1 aliphatic carbocycles. The second-order valence-corrected chi connectivity index (χ2v) is 4.12. The number of aromatic amines is 1. The summed E-state index contributed by atoms with van der Waals surface area (Å²) < 4.78 is 0. The molecule has 3 N–H and O–H groups in total.